The van der Waals surface area contributed by atoms with Crippen LogP contribution in [0.5, 0.6) is 5.75 Å². The van der Waals surface area contributed by atoms with Gasteiger partial charge in [0.15, 0.2) is 0 Å². The number of fused-ring (bicyclic) bond motifs is 1. The number of aliphatic carboxylic acids is 1. The minimum atomic E-state index is -4.45. The van der Waals surface area contributed by atoms with Crippen molar-refractivity contribution >= 4 is 17.9 Å². The summed E-state index contributed by atoms with van der Waals surface area (Å²) in [4.78, 5) is 41.2. The van der Waals surface area contributed by atoms with Gasteiger partial charge >= 0.3 is 18.2 Å². The van der Waals surface area contributed by atoms with E-state index in [4.69, 9.17) is 4.74 Å². The molecule has 1 aliphatic heterocycles. The molecule has 0 saturated heterocycles. The Morgan fingerprint density at radius 3 is 2.16 bits per heavy atom. The summed E-state index contributed by atoms with van der Waals surface area (Å²) in [6.45, 7) is 5.68. The zero-order valence-corrected chi connectivity index (χ0v) is 27.4. The first-order valence-corrected chi connectivity index (χ1v) is 15.9. The van der Waals surface area contributed by atoms with Crippen LogP contribution >= 0.6 is 0 Å². The molecule has 2 atom stereocenters. The van der Waals surface area contributed by atoms with Crippen LogP contribution in [0.3, 0.4) is 0 Å². The van der Waals surface area contributed by atoms with Crippen molar-refractivity contribution in [1.82, 2.24) is 15.5 Å². The van der Waals surface area contributed by atoms with Crippen LogP contribution in [0.25, 0.3) is 11.1 Å². The first kappa shape index (κ1) is 35.0. The molecule has 5 rings (SSSR count). The molecule has 4 aromatic rings. The number of amides is 3. The van der Waals surface area contributed by atoms with Gasteiger partial charge in [-0.2, -0.15) is 13.2 Å². The zero-order chi connectivity index (χ0) is 35.3. The number of benzene rings is 4. The molecule has 8 nitrogen and oxygen atoms in total. The molecular weight excluding hydrogens is 635 g/mol. The van der Waals surface area contributed by atoms with E-state index < -0.39 is 47.3 Å². The number of nitrogens with one attached hydrogen (secondary N) is 2. The van der Waals surface area contributed by atoms with Crippen molar-refractivity contribution < 1.29 is 37.4 Å². The molecular formula is C38H38F3N3O5. The average molecular weight is 674 g/mol. The van der Waals surface area contributed by atoms with Gasteiger partial charge in [0.05, 0.1) is 18.0 Å². The Labute approximate surface area is 282 Å². The third-order valence-corrected chi connectivity index (χ3v) is 8.14. The lowest BCUT2D eigenvalue weighted by atomic mass is 9.91. The number of carboxylic acid groups (broad SMARTS) is 1. The molecule has 0 saturated carbocycles. The second kappa shape index (κ2) is 14.4. The molecule has 0 aliphatic carbocycles. The predicted octanol–water partition coefficient (Wildman–Crippen LogP) is 7.69. The summed E-state index contributed by atoms with van der Waals surface area (Å²) in [5, 5.41) is 15.6. The van der Waals surface area contributed by atoms with Crippen LogP contribution in [0.4, 0.5) is 18.0 Å². The summed E-state index contributed by atoms with van der Waals surface area (Å²) in [6, 6.07) is 24.3. The van der Waals surface area contributed by atoms with Gasteiger partial charge in [-0.05, 0) is 84.8 Å². The van der Waals surface area contributed by atoms with Gasteiger partial charge in [-0.15, -0.1) is 0 Å². The standard InChI is InChI=1S/C38H38F3N3O5/c1-37(2,3)43-36(48)44-20-19-27-15-18-30(49-23-24-9-16-29(17-10-24)38(39,40)41)21-31(27)34(44)35(47)42-32(22-33(45)46)28-13-11-26(12-14-28)25-7-5-4-6-8-25/h4-18,21,32,34H,19-20,22-23H2,1-3H3,(H,42,47)(H,43,48)(H,45,46). The number of carbonyl (C=O) groups excluding carboxylic acids is 2. The zero-order valence-electron chi connectivity index (χ0n) is 27.4. The number of hydrogen-bond acceptors (Lipinski definition) is 4. The summed E-state index contributed by atoms with van der Waals surface area (Å²) >= 11 is 0. The lowest BCUT2D eigenvalue weighted by Gasteiger charge is -2.38. The van der Waals surface area contributed by atoms with Gasteiger partial charge in [-0.1, -0.05) is 72.8 Å². The van der Waals surface area contributed by atoms with Crippen LogP contribution in [0, 0.1) is 0 Å². The molecule has 256 valence electrons. The van der Waals surface area contributed by atoms with Crippen molar-refractivity contribution in [2.75, 3.05) is 6.54 Å². The minimum absolute atomic E-state index is 0.0261. The molecule has 0 radical (unpaired) electrons. The van der Waals surface area contributed by atoms with Crippen LogP contribution in [0.2, 0.25) is 0 Å². The Kier molecular flexibility index (Phi) is 10.3. The maximum absolute atomic E-state index is 14.2. The Morgan fingerprint density at radius 2 is 1.55 bits per heavy atom. The van der Waals surface area contributed by atoms with Crippen LogP contribution in [-0.4, -0.2) is 40.0 Å². The molecule has 2 unspecified atom stereocenters. The number of carbonyl (C=O) groups is 3. The number of urea groups is 1. The molecule has 11 heteroatoms. The number of hydrogen-bond donors (Lipinski definition) is 3. The van der Waals surface area contributed by atoms with Gasteiger partial charge in [-0.25, -0.2) is 4.79 Å². The highest BCUT2D eigenvalue weighted by Gasteiger charge is 2.38. The normalized spacial score (nSPS) is 15.1. The number of rotatable bonds is 9. The lowest BCUT2D eigenvalue weighted by molar-refractivity contribution is -0.138. The van der Waals surface area contributed by atoms with Crippen LogP contribution < -0.4 is 15.4 Å². The topological polar surface area (TPSA) is 108 Å². The number of carboxylic acids is 1. The second-order valence-corrected chi connectivity index (χ2v) is 13.0. The molecule has 0 spiro atoms. The van der Waals surface area contributed by atoms with Crippen molar-refractivity contribution in [3.05, 3.63) is 125 Å². The fourth-order valence-electron chi connectivity index (χ4n) is 5.75. The monoisotopic (exact) mass is 673 g/mol. The third kappa shape index (κ3) is 8.98. The Hall–Kier alpha value is -5.32. The van der Waals surface area contributed by atoms with E-state index in [0.29, 0.717) is 28.9 Å². The van der Waals surface area contributed by atoms with E-state index in [0.717, 1.165) is 28.8 Å². The number of halogens is 3. The molecule has 1 heterocycles. The van der Waals surface area contributed by atoms with Gasteiger partial charge in [-0.3, -0.25) is 9.59 Å². The third-order valence-electron chi connectivity index (χ3n) is 8.14. The highest BCUT2D eigenvalue weighted by Crippen LogP contribution is 2.35. The molecule has 49 heavy (non-hydrogen) atoms. The smallest absolute Gasteiger partial charge is 0.416 e. The largest absolute Gasteiger partial charge is 0.489 e. The fourth-order valence-corrected chi connectivity index (χ4v) is 5.75. The molecule has 3 amide bonds. The van der Waals surface area contributed by atoms with E-state index in [1.165, 1.54) is 17.0 Å². The first-order valence-electron chi connectivity index (χ1n) is 15.9. The first-order chi connectivity index (χ1) is 23.2. The van der Waals surface area contributed by atoms with Crippen molar-refractivity contribution in [2.24, 2.45) is 0 Å². The van der Waals surface area contributed by atoms with Gasteiger partial charge in [0, 0.05) is 12.1 Å². The summed E-state index contributed by atoms with van der Waals surface area (Å²) in [6.07, 6.45) is -4.39. The van der Waals surface area contributed by atoms with E-state index in [1.54, 1.807) is 30.3 Å². The molecule has 4 aromatic carbocycles. The number of ether oxygens (including phenoxy) is 1. The Balaban J connectivity index is 1.43. The van der Waals surface area contributed by atoms with Crippen molar-refractivity contribution in [3.63, 3.8) is 0 Å². The molecule has 1 aliphatic rings. The van der Waals surface area contributed by atoms with Crippen molar-refractivity contribution in [3.8, 4) is 16.9 Å². The number of nitrogens with zero attached hydrogens (tertiary/aromatic N) is 1. The van der Waals surface area contributed by atoms with Gasteiger partial charge < -0.3 is 25.4 Å². The highest BCUT2D eigenvalue weighted by molar-refractivity contribution is 5.90. The highest BCUT2D eigenvalue weighted by atomic mass is 19.4. The quantitative estimate of drug-likeness (QED) is 0.169. The van der Waals surface area contributed by atoms with Crippen LogP contribution in [-0.2, 0) is 28.8 Å². The maximum Gasteiger partial charge on any atom is 0.416 e. The number of alkyl halides is 3. The Morgan fingerprint density at radius 1 is 0.898 bits per heavy atom. The summed E-state index contributed by atoms with van der Waals surface area (Å²) in [7, 11) is 0. The van der Waals surface area contributed by atoms with E-state index in [-0.39, 0.29) is 19.6 Å². The van der Waals surface area contributed by atoms with E-state index >= 15 is 0 Å². The van der Waals surface area contributed by atoms with Crippen molar-refractivity contribution in [2.45, 2.75) is 64.0 Å². The van der Waals surface area contributed by atoms with Gasteiger partial charge in [0.1, 0.15) is 18.4 Å². The molecule has 0 fully saturated rings. The molecule has 3 N–H and O–H groups in total. The second-order valence-electron chi connectivity index (χ2n) is 13.0. The van der Waals surface area contributed by atoms with E-state index in [1.807, 2.05) is 63.2 Å². The van der Waals surface area contributed by atoms with Gasteiger partial charge in [0.25, 0.3) is 0 Å². The summed E-state index contributed by atoms with van der Waals surface area (Å²) in [5.74, 6) is -1.32. The van der Waals surface area contributed by atoms with Crippen LogP contribution in [0.15, 0.2) is 97.1 Å². The lowest BCUT2D eigenvalue weighted by Crippen LogP contribution is -2.54. The average Bonchev–Trinajstić information content (AvgIpc) is 3.05. The minimum Gasteiger partial charge on any atom is -0.489 e. The fraction of sp³-hybridized carbons (Fsp3) is 0.289. The van der Waals surface area contributed by atoms with Crippen molar-refractivity contribution in [1.29, 1.82) is 0 Å². The van der Waals surface area contributed by atoms with E-state index in [2.05, 4.69) is 10.6 Å². The summed E-state index contributed by atoms with van der Waals surface area (Å²) < 4.78 is 44.9. The molecule has 0 bridgehead atoms. The molecule has 0 aromatic heterocycles. The van der Waals surface area contributed by atoms with Crippen LogP contribution in [0.1, 0.15) is 67.1 Å². The SMILES string of the molecule is CC(C)(C)NC(=O)N1CCc2ccc(OCc3ccc(C(F)(F)F)cc3)cc2C1C(=O)NC(CC(=O)O)c1ccc(-c2ccccc2)cc1. The van der Waals surface area contributed by atoms with Gasteiger partial charge in [0.2, 0.25) is 5.91 Å². The summed E-state index contributed by atoms with van der Waals surface area (Å²) in [5.41, 5.74) is 2.98. The van der Waals surface area contributed by atoms with E-state index in [9.17, 15) is 32.7 Å². The Bertz CT molecular complexity index is 1790. The maximum atomic E-state index is 14.2. The predicted molar refractivity (Wildman–Crippen MR) is 179 cm³/mol.